The number of halogens is 4. The highest BCUT2D eigenvalue weighted by molar-refractivity contribution is 5.32. The van der Waals surface area contributed by atoms with Gasteiger partial charge >= 0.3 is 6.18 Å². The van der Waals surface area contributed by atoms with Gasteiger partial charge in [-0.1, -0.05) is 6.07 Å². The van der Waals surface area contributed by atoms with Gasteiger partial charge in [0.25, 0.3) is 0 Å². The molecule has 2 rings (SSSR count). The molecule has 8 heteroatoms. The fourth-order valence-electron chi connectivity index (χ4n) is 1.75. The van der Waals surface area contributed by atoms with Crippen LogP contribution in [0.25, 0.3) is 0 Å². The van der Waals surface area contributed by atoms with E-state index in [0.717, 1.165) is 12.1 Å². The summed E-state index contributed by atoms with van der Waals surface area (Å²) in [5.74, 6) is 3.99. The summed E-state index contributed by atoms with van der Waals surface area (Å²) in [6.07, 6.45) is -0.508. The first-order chi connectivity index (χ1) is 9.43. The molecule has 0 fully saturated rings. The van der Waals surface area contributed by atoms with Crippen LogP contribution in [-0.4, -0.2) is 9.97 Å². The second-order valence-corrected chi connectivity index (χ2v) is 3.97. The molecule has 0 amide bonds. The maximum atomic E-state index is 13.5. The Bertz CT molecular complexity index is 586. The van der Waals surface area contributed by atoms with E-state index in [1.165, 1.54) is 18.6 Å². The van der Waals surface area contributed by atoms with Gasteiger partial charge in [-0.2, -0.15) is 13.2 Å². The Labute approximate surface area is 111 Å². The Morgan fingerprint density at radius 3 is 2.45 bits per heavy atom. The van der Waals surface area contributed by atoms with Gasteiger partial charge in [0.2, 0.25) is 0 Å². The largest absolute Gasteiger partial charge is 0.419 e. The van der Waals surface area contributed by atoms with Crippen LogP contribution >= 0.6 is 0 Å². The molecule has 0 saturated heterocycles. The van der Waals surface area contributed by atoms with Gasteiger partial charge in [0, 0.05) is 12.4 Å². The van der Waals surface area contributed by atoms with Crippen molar-refractivity contribution >= 4 is 0 Å². The molecule has 3 N–H and O–H groups in total. The number of alkyl halides is 3. The lowest BCUT2D eigenvalue weighted by molar-refractivity contribution is -0.140. The van der Waals surface area contributed by atoms with Gasteiger partial charge in [-0.15, -0.1) is 0 Å². The minimum absolute atomic E-state index is 0.221. The number of aromatic nitrogens is 2. The highest BCUT2D eigenvalue weighted by Gasteiger charge is 2.34. The van der Waals surface area contributed by atoms with Crippen LogP contribution in [0.2, 0.25) is 0 Å². The molecule has 1 unspecified atom stereocenters. The zero-order chi connectivity index (χ0) is 14.8. The van der Waals surface area contributed by atoms with Crippen molar-refractivity contribution in [2.75, 3.05) is 0 Å². The summed E-state index contributed by atoms with van der Waals surface area (Å²) in [5, 5.41) is 0. The van der Waals surface area contributed by atoms with Gasteiger partial charge in [0.15, 0.2) is 0 Å². The molecule has 0 aliphatic rings. The highest BCUT2D eigenvalue weighted by atomic mass is 19.4. The summed E-state index contributed by atoms with van der Waals surface area (Å²) in [6, 6.07) is 1.85. The SMILES string of the molecule is NNC(c1ccc(C(F)(F)F)c(F)c1)c1cnccn1. The van der Waals surface area contributed by atoms with E-state index in [9.17, 15) is 17.6 Å². The summed E-state index contributed by atoms with van der Waals surface area (Å²) in [4.78, 5) is 7.80. The second-order valence-electron chi connectivity index (χ2n) is 3.97. The van der Waals surface area contributed by atoms with Gasteiger partial charge < -0.3 is 0 Å². The van der Waals surface area contributed by atoms with Crippen molar-refractivity contribution in [2.24, 2.45) is 5.84 Å². The molecule has 20 heavy (non-hydrogen) atoms. The van der Waals surface area contributed by atoms with Gasteiger partial charge in [0.05, 0.1) is 23.5 Å². The lowest BCUT2D eigenvalue weighted by Gasteiger charge is -2.16. The molecule has 0 aliphatic carbocycles. The molecule has 0 saturated carbocycles. The molecule has 1 heterocycles. The molecule has 4 nitrogen and oxygen atoms in total. The monoisotopic (exact) mass is 286 g/mol. The molecule has 0 aliphatic heterocycles. The van der Waals surface area contributed by atoms with Gasteiger partial charge in [-0.25, -0.2) is 9.82 Å². The molecule has 106 valence electrons. The number of nitrogens with zero attached hydrogens (tertiary/aromatic N) is 2. The fourth-order valence-corrected chi connectivity index (χ4v) is 1.75. The van der Waals surface area contributed by atoms with Crippen molar-refractivity contribution in [3.63, 3.8) is 0 Å². The maximum absolute atomic E-state index is 13.5. The van der Waals surface area contributed by atoms with Crippen molar-refractivity contribution < 1.29 is 17.6 Å². The topological polar surface area (TPSA) is 63.8 Å². The zero-order valence-corrected chi connectivity index (χ0v) is 10.0. The van der Waals surface area contributed by atoms with Crippen LogP contribution in [0.4, 0.5) is 17.6 Å². The van der Waals surface area contributed by atoms with Gasteiger partial charge in [-0.05, 0) is 17.7 Å². The molecular formula is C12H10F4N4. The van der Waals surface area contributed by atoms with Crippen molar-refractivity contribution in [3.05, 3.63) is 59.4 Å². The third-order valence-electron chi connectivity index (χ3n) is 2.68. The van der Waals surface area contributed by atoms with Crippen molar-refractivity contribution in [2.45, 2.75) is 12.2 Å². The van der Waals surface area contributed by atoms with Crippen LogP contribution < -0.4 is 11.3 Å². The molecule has 1 aromatic heterocycles. The van der Waals surface area contributed by atoms with E-state index in [-0.39, 0.29) is 5.56 Å². The van der Waals surface area contributed by atoms with Crippen LogP contribution in [0.3, 0.4) is 0 Å². The summed E-state index contributed by atoms with van der Waals surface area (Å²) >= 11 is 0. The average molecular weight is 286 g/mol. The Morgan fingerprint density at radius 1 is 1.20 bits per heavy atom. The van der Waals surface area contributed by atoms with Crippen LogP contribution in [0.15, 0.2) is 36.8 Å². The quantitative estimate of drug-likeness (QED) is 0.516. The zero-order valence-electron chi connectivity index (χ0n) is 10.0. The lowest BCUT2D eigenvalue weighted by atomic mass is 10.0. The Balaban J connectivity index is 2.40. The Morgan fingerprint density at radius 2 is 1.95 bits per heavy atom. The third-order valence-corrected chi connectivity index (χ3v) is 2.68. The van der Waals surface area contributed by atoms with Gasteiger partial charge in [-0.3, -0.25) is 15.8 Å². The van der Waals surface area contributed by atoms with E-state index in [1.807, 2.05) is 0 Å². The molecule has 0 bridgehead atoms. The summed E-state index contributed by atoms with van der Waals surface area (Å²) in [5.41, 5.74) is 1.64. The number of hydrogen-bond acceptors (Lipinski definition) is 4. The standard InChI is InChI=1S/C12H10F4N4/c13-9-5-7(1-2-8(9)12(14,15)16)11(20-17)10-6-18-3-4-19-10/h1-6,11,20H,17H2. The lowest BCUT2D eigenvalue weighted by Crippen LogP contribution is -2.29. The minimum Gasteiger partial charge on any atom is -0.271 e. The molecule has 0 radical (unpaired) electrons. The second kappa shape index (κ2) is 5.51. The smallest absolute Gasteiger partial charge is 0.271 e. The van der Waals surface area contributed by atoms with Crippen molar-refractivity contribution in [1.82, 2.24) is 15.4 Å². The molecule has 2 aromatic rings. The number of nitrogens with two attached hydrogens (primary N) is 1. The first kappa shape index (κ1) is 14.4. The fraction of sp³-hybridized carbons (Fsp3) is 0.167. The predicted octanol–water partition coefficient (Wildman–Crippen LogP) is 2.19. The van der Waals surface area contributed by atoms with E-state index >= 15 is 0 Å². The molecule has 1 atom stereocenters. The molecule has 1 aromatic carbocycles. The maximum Gasteiger partial charge on any atom is 0.419 e. The predicted molar refractivity (Wildman–Crippen MR) is 62.6 cm³/mol. The Kier molecular flexibility index (Phi) is 3.96. The van der Waals surface area contributed by atoms with E-state index < -0.39 is 23.6 Å². The van der Waals surface area contributed by atoms with Crippen molar-refractivity contribution in [1.29, 1.82) is 0 Å². The van der Waals surface area contributed by atoms with Crippen molar-refractivity contribution in [3.8, 4) is 0 Å². The average Bonchev–Trinajstić information content (AvgIpc) is 2.39. The van der Waals surface area contributed by atoms with E-state index in [0.29, 0.717) is 11.8 Å². The number of hydrazine groups is 1. The van der Waals surface area contributed by atoms with Crippen LogP contribution in [-0.2, 0) is 6.18 Å². The number of benzene rings is 1. The number of hydrogen-bond donors (Lipinski definition) is 2. The van der Waals surface area contributed by atoms with Crippen LogP contribution in [0, 0.1) is 5.82 Å². The molecular weight excluding hydrogens is 276 g/mol. The van der Waals surface area contributed by atoms with E-state index in [4.69, 9.17) is 5.84 Å². The van der Waals surface area contributed by atoms with Crippen LogP contribution in [0.1, 0.15) is 22.9 Å². The normalized spacial score (nSPS) is 13.2. The minimum atomic E-state index is -4.74. The van der Waals surface area contributed by atoms with Crippen LogP contribution in [0.5, 0.6) is 0 Å². The van der Waals surface area contributed by atoms with E-state index in [1.54, 1.807) is 0 Å². The third kappa shape index (κ3) is 2.91. The molecule has 0 spiro atoms. The summed E-state index contributed by atoms with van der Waals surface area (Å²) in [6.45, 7) is 0. The first-order valence-corrected chi connectivity index (χ1v) is 5.52. The highest BCUT2D eigenvalue weighted by Crippen LogP contribution is 2.32. The number of rotatable bonds is 3. The summed E-state index contributed by atoms with van der Waals surface area (Å²) in [7, 11) is 0. The first-order valence-electron chi connectivity index (χ1n) is 5.52. The van der Waals surface area contributed by atoms with Gasteiger partial charge in [0.1, 0.15) is 5.82 Å². The summed E-state index contributed by atoms with van der Waals surface area (Å²) < 4.78 is 51.0. The van der Waals surface area contributed by atoms with E-state index in [2.05, 4.69) is 15.4 Å². The number of nitrogens with one attached hydrogen (secondary N) is 1. The Hall–Kier alpha value is -2.06.